The largest absolute Gasteiger partial charge is 0.336 e. The molecule has 0 aliphatic rings. The number of H-pyrrole nitrogens is 1. The summed E-state index contributed by atoms with van der Waals surface area (Å²) in [6.07, 6.45) is 3.52. The maximum atomic E-state index is 4.46. The van der Waals surface area contributed by atoms with Crippen LogP contribution < -0.4 is 5.32 Å². The molecule has 3 aromatic heterocycles. The monoisotopic (exact) mass is 245 g/mol. The zero-order valence-corrected chi connectivity index (χ0v) is 10.3. The van der Waals surface area contributed by atoms with E-state index in [1.54, 1.807) is 23.7 Å². The van der Waals surface area contributed by atoms with Crippen LogP contribution in [0.25, 0.3) is 10.2 Å². The fourth-order valence-corrected chi connectivity index (χ4v) is 2.62. The Morgan fingerprint density at radius 2 is 2.18 bits per heavy atom. The molecule has 0 saturated heterocycles. The zero-order chi connectivity index (χ0) is 11.8. The Labute approximate surface area is 102 Å². The van der Waals surface area contributed by atoms with Gasteiger partial charge in [0.25, 0.3) is 0 Å². The quantitative estimate of drug-likeness (QED) is 0.728. The summed E-state index contributed by atoms with van der Waals surface area (Å²) in [5, 5.41) is 12.0. The van der Waals surface area contributed by atoms with E-state index in [2.05, 4.69) is 37.8 Å². The minimum absolute atomic E-state index is 0.769. The molecular weight excluding hydrogens is 234 g/mol. The van der Waals surface area contributed by atoms with Crippen LogP contribution in [0.1, 0.15) is 11.4 Å². The molecule has 0 fully saturated rings. The Bertz CT molecular complexity index is 656. The second kappa shape index (κ2) is 3.81. The van der Waals surface area contributed by atoms with Crippen LogP contribution in [0, 0.1) is 13.8 Å². The molecule has 86 valence electrons. The first-order valence-corrected chi connectivity index (χ1v) is 6.10. The number of hydrogen-bond acceptors (Lipinski definition) is 5. The number of thiophene rings is 1. The van der Waals surface area contributed by atoms with Gasteiger partial charge < -0.3 is 5.32 Å². The fraction of sp³-hybridized carbons (Fsp3) is 0.182. The molecule has 3 aromatic rings. The van der Waals surface area contributed by atoms with Crippen LogP contribution in [0.15, 0.2) is 17.8 Å². The Balaban J connectivity index is 2.15. The second-order valence-corrected chi connectivity index (χ2v) is 4.71. The summed E-state index contributed by atoms with van der Waals surface area (Å²) in [6, 6.07) is 0. The average Bonchev–Trinajstić information content (AvgIpc) is 2.90. The number of hydrogen-bond donors (Lipinski definition) is 2. The Hall–Kier alpha value is -1.95. The van der Waals surface area contributed by atoms with Gasteiger partial charge in [0.05, 0.1) is 22.1 Å². The lowest BCUT2D eigenvalue weighted by Crippen LogP contribution is -1.96. The lowest BCUT2D eigenvalue weighted by molar-refractivity contribution is 1.09. The highest BCUT2D eigenvalue weighted by atomic mass is 32.1. The van der Waals surface area contributed by atoms with Gasteiger partial charge in [-0.15, -0.1) is 11.3 Å². The predicted octanol–water partition coefficient (Wildman–Crippen LogP) is 2.77. The summed E-state index contributed by atoms with van der Waals surface area (Å²) < 4.78 is 1.08. The van der Waals surface area contributed by atoms with E-state index in [0.29, 0.717) is 0 Å². The van der Waals surface area contributed by atoms with E-state index in [-0.39, 0.29) is 0 Å². The van der Waals surface area contributed by atoms with Crippen molar-refractivity contribution in [3.63, 3.8) is 0 Å². The molecule has 3 heterocycles. The Kier molecular flexibility index (Phi) is 2.29. The van der Waals surface area contributed by atoms with Gasteiger partial charge in [-0.3, -0.25) is 5.10 Å². The van der Waals surface area contributed by atoms with Gasteiger partial charge in [-0.2, -0.15) is 5.10 Å². The molecule has 0 bridgehead atoms. The summed E-state index contributed by atoms with van der Waals surface area (Å²) in [7, 11) is 0. The second-order valence-electron chi connectivity index (χ2n) is 3.83. The molecule has 0 unspecified atom stereocenters. The van der Waals surface area contributed by atoms with Gasteiger partial charge in [-0.1, -0.05) is 0 Å². The molecule has 5 nitrogen and oxygen atoms in total. The summed E-state index contributed by atoms with van der Waals surface area (Å²) >= 11 is 1.65. The van der Waals surface area contributed by atoms with Crippen LogP contribution in [0.2, 0.25) is 0 Å². The van der Waals surface area contributed by atoms with Crippen molar-refractivity contribution in [2.75, 3.05) is 5.32 Å². The van der Waals surface area contributed by atoms with Crippen molar-refractivity contribution in [2.45, 2.75) is 13.8 Å². The van der Waals surface area contributed by atoms with Crippen LogP contribution in [0.5, 0.6) is 0 Å². The third-order valence-corrected chi connectivity index (χ3v) is 3.56. The van der Waals surface area contributed by atoms with E-state index in [4.69, 9.17) is 0 Å². The molecule has 0 amide bonds. The lowest BCUT2D eigenvalue weighted by atomic mass is 10.3. The third-order valence-electron chi connectivity index (χ3n) is 2.47. The van der Waals surface area contributed by atoms with Crippen LogP contribution in [-0.4, -0.2) is 20.2 Å². The van der Waals surface area contributed by atoms with Crippen LogP contribution in [-0.2, 0) is 0 Å². The molecule has 3 rings (SSSR count). The fourth-order valence-electron chi connectivity index (χ4n) is 1.69. The zero-order valence-electron chi connectivity index (χ0n) is 9.48. The van der Waals surface area contributed by atoms with Crippen molar-refractivity contribution < 1.29 is 0 Å². The van der Waals surface area contributed by atoms with E-state index >= 15 is 0 Å². The molecule has 0 spiro atoms. The number of anilines is 2. The van der Waals surface area contributed by atoms with E-state index in [1.165, 1.54) is 5.56 Å². The van der Waals surface area contributed by atoms with Crippen molar-refractivity contribution in [2.24, 2.45) is 0 Å². The van der Waals surface area contributed by atoms with Gasteiger partial charge in [0.2, 0.25) is 0 Å². The van der Waals surface area contributed by atoms with Crippen molar-refractivity contribution in [1.29, 1.82) is 0 Å². The van der Waals surface area contributed by atoms with Gasteiger partial charge in [-0.25, -0.2) is 9.97 Å². The Morgan fingerprint density at radius 3 is 2.94 bits per heavy atom. The normalized spacial score (nSPS) is 10.9. The number of rotatable bonds is 2. The van der Waals surface area contributed by atoms with Crippen LogP contribution in [0.4, 0.5) is 11.5 Å². The van der Waals surface area contributed by atoms with E-state index < -0.39 is 0 Å². The molecule has 0 aliphatic heterocycles. The first kappa shape index (κ1) is 10.2. The summed E-state index contributed by atoms with van der Waals surface area (Å²) in [6.45, 7) is 3.96. The molecule has 0 radical (unpaired) electrons. The maximum absolute atomic E-state index is 4.46. The number of nitrogens with one attached hydrogen (secondary N) is 2. The highest BCUT2D eigenvalue weighted by Gasteiger charge is 2.10. The third kappa shape index (κ3) is 1.76. The molecule has 0 saturated carbocycles. The molecule has 0 aliphatic carbocycles. The van der Waals surface area contributed by atoms with Gasteiger partial charge in [0, 0.05) is 6.20 Å². The van der Waals surface area contributed by atoms with E-state index in [9.17, 15) is 0 Å². The molecule has 6 heteroatoms. The highest BCUT2D eigenvalue weighted by Crippen LogP contribution is 2.30. The van der Waals surface area contributed by atoms with E-state index in [0.717, 1.165) is 27.5 Å². The SMILES string of the molecule is Cc1nc(Nc2cn[nH]c2)c2scc(C)c2n1. The first-order valence-electron chi connectivity index (χ1n) is 5.22. The highest BCUT2D eigenvalue weighted by molar-refractivity contribution is 7.18. The average molecular weight is 245 g/mol. The number of fused-ring (bicyclic) bond motifs is 1. The van der Waals surface area contributed by atoms with E-state index in [1.807, 2.05) is 6.92 Å². The van der Waals surface area contributed by atoms with Gasteiger partial charge >= 0.3 is 0 Å². The van der Waals surface area contributed by atoms with Crippen molar-refractivity contribution in [1.82, 2.24) is 20.2 Å². The number of aromatic amines is 1. The van der Waals surface area contributed by atoms with Gasteiger partial charge in [-0.05, 0) is 24.8 Å². The molecule has 0 aromatic carbocycles. The predicted molar refractivity (Wildman–Crippen MR) is 68.8 cm³/mol. The molecule has 0 atom stereocenters. The van der Waals surface area contributed by atoms with Crippen molar-refractivity contribution >= 4 is 33.1 Å². The number of aryl methyl sites for hydroxylation is 2. The molecule has 2 N–H and O–H groups in total. The summed E-state index contributed by atoms with van der Waals surface area (Å²) in [4.78, 5) is 8.90. The molecular formula is C11H11N5S. The minimum atomic E-state index is 0.769. The standard InChI is InChI=1S/C11H11N5S/c1-6-5-17-10-9(6)14-7(2)15-11(10)16-8-3-12-13-4-8/h3-5H,1-2H3,(H,12,13)(H,14,15,16). The summed E-state index contributed by atoms with van der Waals surface area (Å²) in [5.41, 5.74) is 3.11. The Morgan fingerprint density at radius 1 is 1.29 bits per heavy atom. The van der Waals surface area contributed by atoms with Gasteiger partial charge in [0.15, 0.2) is 5.82 Å². The van der Waals surface area contributed by atoms with Crippen molar-refractivity contribution in [3.8, 4) is 0 Å². The number of nitrogens with zero attached hydrogens (tertiary/aromatic N) is 3. The topological polar surface area (TPSA) is 66.5 Å². The number of aromatic nitrogens is 4. The maximum Gasteiger partial charge on any atom is 0.152 e. The van der Waals surface area contributed by atoms with Crippen LogP contribution >= 0.6 is 11.3 Å². The lowest BCUT2D eigenvalue weighted by Gasteiger charge is -2.04. The minimum Gasteiger partial charge on any atom is -0.336 e. The van der Waals surface area contributed by atoms with Crippen molar-refractivity contribution in [3.05, 3.63) is 29.2 Å². The van der Waals surface area contributed by atoms with Crippen LogP contribution in [0.3, 0.4) is 0 Å². The smallest absolute Gasteiger partial charge is 0.152 e. The molecule has 17 heavy (non-hydrogen) atoms. The van der Waals surface area contributed by atoms with Gasteiger partial charge in [0.1, 0.15) is 5.82 Å². The summed E-state index contributed by atoms with van der Waals surface area (Å²) in [5.74, 6) is 1.61. The first-order chi connectivity index (χ1) is 8.24.